The molecule has 16 heteroatoms. The molecule has 0 radical (unpaired) electrons. The molecule has 1 unspecified atom stereocenters. The average Bonchev–Trinajstić information content (AvgIpc) is 4.10. The van der Waals surface area contributed by atoms with Crippen LogP contribution in [-0.2, 0) is 38.7 Å². The van der Waals surface area contributed by atoms with Gasteiger partial charge in [-0.25, -0.2) is 14.3 Å². The fraction of sp³-hybridized carbons (Fsp3) is 0.500. The van der Waals surface area contributed by atoms with Gasteiger partial charge in [-0.2, -0.15) is 5.10 Å². The van der Waals surface area contributed by atoms with Crippen LogP contribution < -0.4 is 5.32 Å². The number of benzene rings is 2. The van der Waals surface area contributed by atoms with Gasteiger partial charge in [0.1, 0.15) is 24.2 Å². The molecule has 70 heavy (non-hydrogen) atoms. The minimum absolute atomic E-state index is 0.0791. The zero-order chi connectivity index (χ0) is 49.7. The van der Waals surface area contributed by atoms with Gasteiger partial charge in [-0.1, -0.05) is 62.9 Å². The molecule has 3 aromatic heterocycles. The molecular formula is C54H68N8O7Si. The lowest BCUT2D eigenvalue weighted by atomic mass is 10.0. The molecule has 8 rings (SSSR count). The summed E-state index contributed by atoms with van der Waals surface area (Å²) in [5.74, 6) is 5.82. The molecule has 0 bridgehead atoms. The van der Waals surface area contributed by atoms with Crippen LogP contribution in [0.2, 0.25) is 25.7 Å². The van der Waals surface area contributed by atoms with Crippen LogP contribution in [0.3, 0.4) is 0 Å². The van der Waals surface area contributed by atoms with Gasteiger partial charge in [0.15, 0.2) is 0 Å². The lowest BCUT2D eigenvalue weighted by Gasteiger charge is -2.35. The third kappa shape index (κ3) is 11.9. The van der Waals surface area contributed by atoms with Crippen LogP contribution in [0.1, 0.15) is 128 Å². The van der Waals surface area contributed by atoms with Crippen molar-refractivity contribution in [3.05, 3.63) is 88.4 Å². The van der Waals surface area contributed by atoms with Crippen molar-refractivity contribution in [2.24, 2.45) is 0 Å². The Morgan fingerprint density at radius 3 is 2.49 bits per heavy atom. The Labute approximate surface area is 412 Å². The largest absolute Gasteiger partial charge is 0.443 e. The summed E-state index contributed by atoms with van der Waals surface area (Å²) in [4.78, 5) is 76.8. The SMILES string of the molecule is Cc1nn(CCCCCCCC#Cc2cccc3c2CN(C2CCC(=O)N(COCC[Si](C)(C)C)C2=O)C3=O)c2cc(C(=O)Nc3cc4c(cn3)cc(CN3CCCC3)n4C(=O)OC(C)(C)C)ccc12. The number of likely N-dealkylation sites (tertiary alicyclic amines) is 2. The molecule has 2 aromatic carbocycles. The zero-order valence-electron chi connectivity index (χ0n) is 42.0. The highest BCUT2D eigenvalue weighted by Gasteiger charge is 2.43. The second-order valence-electron chi connectivity index (χ2n) is 21.2. The fourth-order valence-electron chi connectivity index (χ4n) is 9.54. The highest BCUT2D eigenvalue weighted by molar-refractivity contribution is 6.76. The number of nitrogens with zero attached hydrogens (tertiary/aromatic N) is 7. The van der Waals surface area contributed by atoms with E-state index in [-0.39, 0.29) is 43.3 Å². The van der Waals surface area contributed by atoms with Crippen molar-refractivity contribution in [2.75, 3.05) is 31.7 Å². The van der Waals surface area contributed by atoms with Gasteiger partial charge in [-0.15, -0.1) is 0 Å². The second kappa shape index (κ2) is 21.5. The molecule has 0 aliphatic carbocycles. The number of aromatic nitrogens is 4. The van der Waals surface area contributed by atoms with E-state index in [0.29, 0.717) is 42.0 Å². The fourth-order valence-corrected chi connectivity index (χ4v) is 10.3. The molecular weight excluding hydrogens is 901 g/mol. The number of rotatable bonds is 17. The first-order valence-corrected chi connectivity index (χ1v) is 28.7. The number of hydrogen-bond acceptors (Lipinski definition) is 10. The number of amides is 4. The number of ether oxygens (including phenoxy) is 2. The number of carbonyl (C=O) groups excluding carboxylic acids is 5. The van der Waals surface area contributed by atoms with Crippen LogP contribution >= 0.6 is 0 Å². The minimum Gasteiger partial charge on any atom is -0.443 e. The van der Waals surface area contributed by atoms with Crippen LogP contribution in [0.5, 0.6) is 0 Å². The average molecular weight is 969 g/mol. The summed E-state index contributed by atoms with van der Waals surface area (Å²) >= 11 is 0. The Bertz CT molecular complexity index is 2860. The van der Waals surface area contributed by atoms with Gasteiger partial charge in [-0.3, -0.25) is 33.7 Å². The summed E-state index contributed by atoms with van der Waals surface area (Å²) in [6.45, 7) is 18.3. The predicted molar refractivity (Wildman–Crippen MR) is 273 cm³/mol. The van der Waals surface area contributed by atoms with Gasteiger partial charge in [-0.05, 0) is 115 Å². The zero-order valence-corrected chi connectivity index (χ0v) is 43.0. The Hall–Kier alpha value is -6.15. The van der Waals surface area contributed by atoms with Crippen molar-refractivity contribution in [1.82, 2.24) is 34.0 Å². The smallest absolute Gasteiger partial charge is 0.419 e. The summed E-state index contributed by atoms with van der Waals surface area (Å²) in [6.07, 6.45) is 9.69. The molecule has 4 amide bonds. The molecule has 6 heterocycles. The number of anilines is 1. The topological polar surface area (TPSA) is 161 Å². The van der Waals surface area contributed by atoms with Crippen molar-refractivity contribution in [2.45, 2.75) is 149 Å². The Balaban J connectivity index is 0.819. The molecule has 3 aliphatic heterocycles. The van der Waals surface area contributed by atoms with Crippen LogP contribution in [0, 0.1) is 18.8 Å². The molecule has 3 aliphatic rings. The number of carbonyl (C=O) groups is 5. The number of piperidine rings is 1. The molecule has 370 valence electrons. The van der Waals surface area contributed by atoms with Crippen molar-refractivity contribution in [3.63, 3.8) is 0 Å². The Morgan fingerprint density at radius 1 is 0.943 bits per heavy atom. The van der Waals surface area contributed by atoms with Gasteiger partial charge < -0.3 is 19.7 Å². The quantitative estimate of drug-likeness (QED) is 0.0411. The van der Waals surface area contributed by atoms with Gasteiger partial charge >= 0.3 is 6.09 Å². The lowest BCUT2D eigenvalue weighted by Crippen LogP contribution is -2.55. The van der Waals surface area contributed by atoms with Crippen LogP contribution in [0.15, 0.2) is 54.7 Å². The highest BCUT2D eigenvalue weighted by atomic mass is 28.3. The Morgan fingerprint density at radius 2 is 1.71 bits per heavy atom. The molecule has 1 atom stereocenters. The van der Waals surface area contributed by atoms with E-state index in [1.54, 1.807) is 33.9 Å². The number of nitrogens with one attached hydrogen (secondary N) is 1. The first-order valence-electron chi connectivity index (χ1n) is 25.0. The maximum absolute atomic E-state index is 13.7. The monoisotopic (exact) mass is 968 g/mol. The summed E-state index contributed by atoms with van der Waals surface area (Å²) in [5.41, 5.74) is 5.26. The highest BCUT2D eigenvalue weighted by Crippen LogP contribution is 2.32. The summed E-state index contributed by atoms with van der Waals surface area (Å²) in [7, 11) is -1.32. The number of pyridine rings is 1. The molecule has 0 spiro atoms. The van der Waals surface area contributed by atoms with E-state index >= 15 is 0 Å². The third-order valence-corrected chi connectivity index (χ3v) is 15.0. The Kier molecular flexibility index (Phi) is 15.4. The maximum atomic E-state index is 13.7. The van der Waals surface area contributed by atoms with Crippen LogP contribution in [0.25, 0.3) is 21.8 Å². The van der Waals surface area contributed by atoms with Crippen LogP contribution in [-0.4, -0.2) is 110 Å². The summed E-state index contributed by atoms with van der Waals surface area (Å²) < 4.78 is 15.2. The summed E-state index contributed by atoms with van der Waals surface area (Å²) in [5, 5.41) is 9.58. The van der Waals surface area contributed by atoms with Gasteiger partial charge in [0, 0.05) is 92.6 Å². The number of unbranched alkanes of at least 4 members (excludes halogenated alkanes) is 5. The third-order valence-electron chi connectivity index (χ3n) is 13.3. The number of fused-ring (bicyclic) bond motifs is 3. The van der Waals surface area contributed by atoms with Crippen molar-refractivity contribution in [3.8, 4) is 11.8 Å². The molecule has 0 saturated carbocycles. The van der Waals surface area contributed by atoms with Crippen LogP contribution in [0.4, 0.5) is 10.6 Å². The van der Waals surface area contributed by atoms with E-state index in [9.17, 15) is 24.0 Å². The normalized spacial score (nSPS) is 16.6. The summed E-state index contributed by atoms with van der Waals surface area (Å²) in [6, 6.07) is 15.1. The minimum atomic E-state index is -1.32. The van der Waals surface area contributed by atoms with E-state index < -0.39 is 25.8 Å². The van der Waals surface area contributed by atoms with E-state index in [0.717, 1.165) is 116 Å². The van der Waals surface area contributed by atoms with Crippen molar-refractivity contribution >= 4 is 65.4 Å². The maximum Gasteiger partial charge on any atom is 0.419 e. The first-order chi connectivity index (χ1) is 33.4. The standard InChI is InChI=1S/C54H68N8O7Si/c1-37-42-22-21-39(50(64)56-48-32-46-40(33-55-48)30-41(34-58-25-15-16-26-58)62(46)53(67)69-54(2,3)4)31-47(42)61(57-37)27-14-12-10-8-9-11-13-18-38-19-17-20-43-44(38)35-59(51(43)65)45-23-24-49(63)60(52(45)66)36-68-28-29-70(5,6)7/h17,19-22,30-33,45H,8-12,14-16,23-29,34-36H2,1-7H3,(H,55,56,64). The van der Waals surface area contributed by atoms with Crippen molar-refractivity contribution < 1.29 is 33.4 Å². The lowest BCUT2D eigenvalue weighted by molar-refractivity contribution is -0.158. The predicted octanol–water partition coefficient (Wildman–Crippen LogP) is 9.50. The molecule has 5 aromatic rings. The van der Waals surface area contributed by atoms with E-state index in [4.69, 9.17) is 14.6 Å². The molecule has 1 N–H and O–H groups in total. The molecule has 2 fully saturated rings. The molecule has 15 nitrogen and oxygen atoms in total. The molecule has 2 saturated heterocycles. The van der Waals surface area contributed by atoms with E-state index in [2.05, 4.69) is 46.7 Å². The van der Waals surface area contributed by atoms with E-state index in [1.165, 1.54) is 4.90 Å². The van der Waals surface area contributed by atoms with Gasteiger partial charge in [0.25, 0.3) is 17.7 Å². The van der Waals surface area contributed by atoms with Gasteiger partial charge in [0.2, 0.25) is 5.91 Å². The second-order valence-corrected chi connectivity index (χ2v) is 26.8. The van der Waals surface area contributed by atoms with E-state index in [1.807, 2.05) is 62.7 Å². The first kappa shape index (κ1) is 50.2. The number of imide groups is 1. The van der Waals surface area contributed by atoms with Gasteiger partial charge in [0.05, 0.1) is 16.7 Å². The number of hydrogen-bond donors (Lipinski definition) is 1. The van der Waals surface area contributed by atoms with Crippen molar-refractivity contribution in [1.29, 1.82) is 0 Å². The number of aryl methyl sites for hydroxylation is 2.